The van der Waals surface area contributed by atoms with Gasteiger partial charge in [0.1, 0.15) is 6.54 Å². The van der Waals surface area contributed by atoms with E-state index in [-0.39, 0.29) is 12.5 Å². The fourth-order valence-electron chi connectivity index (χ4n) is 3.30. The molecule has 1 aliphatic heterocycles. The lowest BCUT2D eigenvalue weighted by atomic mass is 10.1. The van der Waals surface area contributed by atoms with E-state index in [1.165, 1.54) is 0 Å². The van der Waals surface area contributed by atoms with Gasteiger partial charge in [0.15, 0.2) is 0 Å². The second kappa shape index (κ2) is 7.44. The Morgan fingerprint density at radius 3 is 2.25 bits per heavy atom. The molecule has 0 saturated carbocycles. The second-order valence-electron chi connectivity index (χ2n) is 6.68. The summed E-state index contributed by atoms with van der Waals surface area (Å²) in [5.41, 5.74) is 1.69. The molecule has 0 spiro atoms. The van der Waals surface area contributed by atoms with Crippen LogP contribution in [0.2, 0.25) is 0 Å². The molecule has 0 atom stereocenters. The summed E-state index contributed by atoms with van der Waals surface area (Å²) in [6, 6.07) is 14.5. The second-order valence-corrected chi connectivity index (χ2v) is 7.71. The number of carbonyl (C=O) groups is 3. The zero-order valence-electron chi connectivity index (χ0n) is 15.4. The van der Waals surface area contributed by atoms with Gasteiger partial charge in [-0.2, -0.15) is 0 Å². The Kier molecular flexibility index (Phi) is 4.83. The smallest absolute Gasteiger partial charge is 0.262 e. The molecule has 1 aromatic carbocycles. The first-order valence-electron chi connectivity index (χ1n) is 8.90. The van der Waals surface area contributed by atoms with Gasteiger partial charge in [0, 0.05) is 23.8 Å². The maximum Gasteiger partial charge on any atom is 0.262 e. The van der Waals surface area contributed by atoms with E-state index in [4.69, 9.17) is 0 Å². The van der Waals surface area contributed by atoms with E-state index in [9.17, 15) is 14.4 Å². The number of rotatable bonds is 6. The van der Waals surface area contributed by atoms with Gasteiger partial charge in [-0.25, -0.2) is 0 Å². The standard InChI is InChI=1S/C21H19N3O3S/c1-22-10-4-6-15(22)12-23(13-16-7-5-11-28-16)19(25)14-24-20(26)17-8-2-3-9-18(17)21(24)27/h2-11H,12-14H2,1H3. The highest BCUT2D eigenvalue weighted by molar-refractivity contribution is 7.09. The molecule has 0 saturated heterocycles. The van der Waals surface area contributed by atoms with Crippen molar-refractivity contribution in [2.45, 2.75) is 13.1 Å². The van der Waals surface area contributed by atoms with Crippen LogP contribution in [0.15, 0.2) is 60.1 Å². The Morgan fingerprint density at radius 2 is 1.68 bits per heavy atom. The molecule has 0 aliphatic carbocycles. The van der Waals surface area contributed by atoms with Crippen LogP contribution in [-0.4, -0.2) is 38.6 Å². The molecule has 3 heterocycles. The number of hydrogen-bond acceptors (Lipinski definition) is 4. The van der Waals surface area contributed by atoms with E-state index in [0.29, 0.717) is 24.2 Å². The Hall–Kier alpha value is -3.19. The lowest BCUT2D eigenvalue weighted by molar-refractivity contribution is -0.132. The van der Waals surface area contributed by atoms with Gasteiger partial charge < -0.3 is 9.47 Å². The van der Waals surface area contributed by atoms with Crippen LogP contribution >= 0.6 is 11.3 Å². The molecule has 0 unspecified atom stereocenters. The first-order chi connectivity index (χ1) is 13.5. The molecule has 0 N–H and O–H groups in total. The molecule has 2 aromatic heterocycles. The molecular formula is C21H19N3O3S. The molecule has 7 heteroatoms. The molecule has 4 rings (SSSR count). The molecule has 142 valence electrons. The highest BCUT2D eigenvalue weighted by Crippen LogP contribution is 2.23. The number of amides is 3. The monoisotopic (exact) mass is 393 g/mol. The van der Waals surface area contributed by atoms with Crippen LogP contribution in [-0.2, 0) is 24.9 Å². The summed E-state index contributed by atoms with van der Waals surface area (Å²) >= 11 is 1.57. The van der Waals surface area contributed by atoms with E-state index in [0.717, 1.165) is 15.5 Å². The van der Waals surface area contributed by atoms with Gasteiger partial charge >= 0.3 is 0 Å². The third-order valence-corrected chi connectivity index (χ3v) is 5.72. The SMILES string of the molecule is Cn1cccc1CN(Cc1cccs1)C(=O)CN1C(=O)c2ccccc2C1=O. The number of thiophene rings is 1. The van der Waals surface area contributed by atoms with Crippen LogP contribution in [0.25, 0.3) is 0 Å². The number of aryl methyl sites for hydroxylation is 1. The van der Waals surface area contributed by atoms with Crippen molar-refractivity contribution in [2.75, 3.05) is 6.54 Å². The largest absolute Gasteiger partial charge is 0.353 e. The number of nitrogens with zero attached hydrogens (tertiary/aromatic N) is 3. The summed E-state index contributed by atoms with van der Waals surface area (Å²) in [6.07, 6.45) is 1.92. The van der Waals surface area contributed by atoms with Crippen molar-refractivity contribution in [3.8, 4) is 0 Å². The Balaban J connectivity index is 1.55. The highest BCUT2D eigenvalue weighted by Gasteiger charge is 2.37. The fourth-order valence-corrected chi connectivity index (χ4v) is 4.02. The lowest BCUT2D eigenvalue weighted by Crippen LogP contribution is -2.42. The maximum absolute atomic E-state index is 13.1. The predicted octanol–water partition coefficient (Wildman–Crippen LogP) is 2.91. The quantitative estimate of drug-likeness (QED) is 0.605. The van der Waals surface area contributed by atoms with Gasteiger partial charge in [0.05, 0.1) is 24.2 Å². The van der Waals surface area contributed by atoms with Crippen LogP contribution in [0.5, 0.6) is 0 Å². The van der Waals surface area contributed by atoms with Crippen molar-refractivity contribution in [3.63, 3.8) is 0 Å². The average Bonchev–Trinajstić information content (AvgIpc) is 3.40. The highest BCUT2D eigenvalue weighted by atomic mass is 32.1. The summed E-state index contributed by atoms with van der Waals surface area (Å²) in [7, 11) is 1.92. The van der Waals surface area contributed by atoms with Crippen LogP contribution in [0.3, 0.4) is 0 Å². The van der Waals surface area contributed by atoms with Crippen LogP contribution in [0.1, 0.15) is 31.3 Å². The van der Waals surface area contributed by atoms with E-state index >= 15 is 0 Å². The van der Waals surface area contributed by atoms with Crippen LogP contribution in [0.4, 0.5) is 0 Å². The summed E-state index contributed by atoms with van der Waals surface area (Å²) in [5.74, 6) is -1.09. The van der Waals surface area contributed by atoms with Crippen molar-refractivity contribution < 1.29 is 14.4 Å². The average molecular weight is 393 g/mol. The van der Waals surface area contributed by atoms with Gasteiger partial charge in [-0.05, 0) is 35.7 Å². The number of carbonyl (C=O) groups excluding carboxylic acids is 3. The van der Waals surface area contributed by atoms with Crippen molar-refractivity contribution in [1.29, 1.82) is 0 Å². The van der Waals surface area contributed by atoms with Gasteiger partial charge in [-0.3, -0.25) is 19.3 Å². The van der Waals surface area contributed by atoms with Crippen molar-refractivity contribution in [1.82, 2.24) is 14.4 Å². The summed E-state index contributed by atoms with van der Waals surface area (Å²) in [5, 5.41) is 1.96. The molecular weight excluding hydrogens is 374 g/mol. The molecule has 28 heavy (non-hydrogen) atoms. The minimum Gasteiger partial charge on any atom is -0.353 e. The number of imide groups is 1. The topological polar surface area (TPSA) is 62.6 Å². The van der Waals surface area contributed by atoms with Gasteiger partial charge in [0.25, 0.3) is 11.8 Å². The van der Waals surface area contributed by atoms with Crippen molar-refractivity contribution >= 4 is 29.1 Å². The molecule has 0 fully saturated rings. The zero-order valence-corrected chi connectivity index (χ0v) is 16.2. The molecule has 0 bridgehead atoms. The number of aromatic nitrogens is 1. The minimum absolute atomic E-state index is 0.260. The predicted molar refractivity (Wildman–Crippen MR) is 106 cm³/mol. The van der Waals surface area contributed by atoms with E-state index in [2.05, 4.69) is 0 Å². The van der Waals surface area contributed by atoms with Gasteiger partial charge in [-0.15, -0.1) is 11.3 Å². The lowest BCUT2D eigenvalue weighted by Gasteiger charge is -2.25. The Labute approximate surface area is 166 Å². The van der Waals surface area contributed by atoms with Gasteiger partial charge in [0.2, 0.25) is 5.91 Å². The van der Waals surface area contributed by atoms with E-state index < -0.39 is 11.8 Å². The third kappa shape index (κ3) is 3.36. The maximum atomic E-state index is 13.1. The van der Waals surface area contributed by atoms with Crippen molar-refractivity contribution in [2.24, 2.45) is 7.05 Å². The summed E-state index contributed by atoms with van der Waals surface area (Å²) < 4.78 is 1.96. The van der Waals surface area contributed by atoms with Gasteiger partial charge in [-0.1, -0.05) is 18.2 Å². The minimum atomic E-state index is -0.413. The molecule has 3 amide bonds. The number of fused-ring (bicyclic) bond motifs is 1. The first kappa shape index (κ1) is 18.2. The Morgan fingerprint density at radius 1 is 0.964 bits per heavy atom. The normalized spacial score (nSPS) is 13.1. The zero-order chi connectivity index (χ0) is 19.7. The molecule has 3 aromatic rings. The molecule has 1 aliphatic rings. The number of hydrogen-bond donors (Lipinski definition) is 0. The van der Waals surface area contributed by atoms with E-state index in [1.807, 2.05) is 47.5 Å². The van der Waals surface area contributed by atoms with Crippen LogP contribution in [0, 0.1) is 0 Å². The first-order valence-corrected chi connectivity index (χ1v) is 9.78. The molecule has 6 nitrogen and oxygen atoms in total. The Bertz CT molecular complexity index is 1000. The number of benzene rings is 1. The molecule has 0 radical (unpaired) electrons. The third-order valence-electron chi connectivity index (χ3n) is 4.86. The fraction of sp³-hybridized carbons (Fsp3) is 0.190. The summed E-state index contributed by atoms with van der Waals surface area (Å²) in [6.45, 7) is 0.580. The summed E-state index contributed by atoms with van der Waals surface area (Å²) in [4.78, 5) is 42.0. The van der Waals surface area contributed by atoms with Crippen molar-refractivity contribution in [3.05, 3.63) is 81.8 Å². The van der Waals surface area contributed by atoms with E-state index in [1.54, 1.807) is 40.5 Å². The van der Waals surface area contributed by atoms with Crippen LogP contribution < -0.4 is 0 Å².